The van der Waals surface area contributed by atoms with Crippen LogP contribution in [0.2, 0.25) is 0 Å². The minimum Gasteiger partial charge on any atom is -0.490 e. The number of rotatable bonds is 6. The first kappa shape index (κ1) is 13.8. The highest BCUT2D eigenvalue weighted by molar-refractivity contribution is 5.96. The fraction of sp³-hybridized carbons (Fsp3) is 0.500. The molecule has 1 aliphatic heterocycles. The van der Waals surface area contributed by atoms with E-state index >= 15 is 0 Å². The Labute approximate surface area is 112 Å². The van der Waals surface area contributed by atoms with Crippen molar-refractivity contribution in [1.82, 2.24) is 5.48 Å². The zero-order valence-electron chi connectivity index (χ0n) is 11.1. The molecule has 0 bridgehead atoms. The van der Waals surface area contributed by atoms with Gasteiger partial charge >= 0.3 is 0 Å². The standard InChI is InChI=1S/C14H19NO4/c1-2-19-15-14(16)12-7-3-4-8-13(12)18-10-11-6-5-9-17-11/h3-4,7-8,11H,2,5-6,9-10H2,1H3,(H,15,16). The monoisotopic (exact) mass is 265 g/mol. The maximum atomic E-state index is 11.9. The summed E-state index contributed by atoms with van der Waals surface area (Å²) in [4.78, 5) is 16.8. The van der Waals surface area contributed by atoms with Crippen LogP contribution >= 0.6 is 0 Å². The molecule has 1 aromatic carbocycles. The van der Waals surface area contributed by atoms with E-state index in [2.05, 4.69) is 5.48 Å². The van der Waals surface area contributed by atoms with Gasteiger partial charge in [0.1, 0.15) is 12.4 Å². The molecule has 1 unspecified atom stereocenters. The number of ether oxygens (including phenoxy) is 2. The molecule has 5 heteroatoms. The van der Waals surface area contributed by atoms with Crippen molar-refractivity contribution in [3.05, 3.63) is 29.8 Å². The van der Waals surface area contributed by atoms with Gasteiger partial charge in [-0.05, 0) is 31.9 Å². The minimum absolute atomic E-state index is 0.128. The zero-order chi connectivity index (χ0) is 13.5. The summed E-state index contributed by atoms with van der Waals surface area (Å²) >= 11 is 0. The summed E-state index contributed by atoms with van der Waals surface area (Å²) in [5.41, 5.74) is 2.83. The molecule has 1 aromatic rings. The Morgan fingerprint density at radius 1 is 1.47 bits per heavy atom. The molecule has 0 saturated carbocycles. The highest BCUT2D eigenvalue weighted by atomic mass is 16.6. The summed E-state index contributed by atoms with van der Waals surface area (Å²) in [6.07, 6.45) is 2.20. The zero-order valence-corrected chi connectivity index (χ0v) is 11.1. The van der Waals surface area contributed by atoms with E-state index in [-0.39, 0.29) is 12.0 Å². The van der Waals surface area contributed by atoms with Crippen LogP contribution in [-0.2, 0) is 9.57 Å². The second-order valence-electron chi connectivity index (χ2n) is 4.31. The predicted molar refractivity (Wildman–Crippen MR) is 70.0 cm³/mol. The number of amides is 1. The van der Waals surface area contributed by atoms with Crippen molar-refractivity contribution in [2.24, 2.45) is 0 Å². The molecule has 1 fully saturated rings. The van der Waals surface area contributed by atoms with Gasteiger partial charge in [-0.3, -0.25) is 9.63 Å². The van der Waals surface area contributed by atoms with Crippen LogP contribution in [0.15, 0.2) is 24.3 Å². The van der Waals surface area contributed by atoms with Crippen molar-refractivity contribution in [2.45, 2.75) is 25.9 Å². The number of hydrogen-bond acceptors (Lipinski definition) is 4. The second-order valence-corrected chi connectivity index (χ2v) is 4.31. The number of benzene rings is 1. The van der Waals surface area contributed by atoms with Gasteiger partial charge in [0.05, 0.1) is 18.3 Å². The van der Waals surface area contributed by atoms with E-state index in [4.69, 9.17) is 14.3 Å². The molecule has 0 spiro atoms. The Morgan fingerprint density at radius 3 is 3.05 bits per heavy atom. The fourth-order valence-corrected chi connectivity index (χ4v) is 1.93. The van der Waals surface area contributed by atoms with Crippen LogP contribution in [0.3, 0.4) is 0 Å². The van der Waals surface area contributed by atoms with Gasteiger partial charge in [-0.15, -0.1) is 0 Å². The van der Waals surface area contributed by atoms with Crippen LogP contribution in [0.4, 0.5) is 0 Å². The van der Waals surface area contributed by atoms with E-state index in [0.29, 0.717) is 24.5 Å². The molecular formula is C14H19NO4. The van der Waals surface area contributed by atoms with Crippen LogP contribution in [0.1, 0.15) is 30.1 Å². The fourth-order valence-electron chi connectivity index (χ4n) is 1.93. The van der Waals surface area contributed by atoms with Crippen molar-refractivity contribution in [3.63, 3.8) is 0 Å². The molecule has 1 aliphatic rings. The summed E-state index contributed by atoms with van der Waals surface area (Å²) in [5.74, 6) is 0.250. The number of para-hydroxylation sites is 1. The van der Waals surface area contributed by atoms with Gasteiger partial charge in [-0.1, -0.05) is 12.1 Å². The average Bonchev–Trinajstić information content (AvgIpc) is 2.96. The van der Waals surface area contributed by atoms with Crippen LogP contribution in [-0.4, -0.2) is 31.8 Å². The molecule has 19 heavy (non-hydrogen) atoms. The number of nitrogens with one attached hydrogen (secondary N) is 1. The van der Waals surface area contributed by atoms with Crippen LogP contribution in [0, 0.1) is 0 Å². The Balaban J connectivity index is 1.96. The number of carbonyl (C=O) groups is 1. The Hall–Kier alpha value is -1.59. The maximum Gasteiger partial charge on any atom is 0.278 e. The molecule has 0 aliphatic carbocycles. The van der Waals surface area contributed by atoms with E-state index in [9.17, 15) is 4.79 Å². The lowest BCUT2D eigenvalue weighted by atomic mass is 10.2. The lowest BCUT2D eigenvalue weighted by Crippen LogP contribution is -2.25. The number of hydroxylamine groups is 1. The van der Waals surface area contributed by atoms with Crippen molar-refractivity contribution < 1.29 is 19.1 Å². The first-order chi connectivity index (χ1) is 9.31. The topological polar surface area (TPSA) is 56.8 Å². The summed E-state index contributed by atoms with van der Waals surface area (Å²) in [7, 11) is 0. The van der Waals surface area contributed by atoms with Crippen LogP contribution < -0.4 is 10.2 Å². The molecule has 1 saturated heterocycles. The third kappa shape index (κ3) is 3.94. The van der Waals surface area contributed by atoms with E-state index in [1.807, 2.05) is 6.07 Å². The lowest BCUT2D eigenvalue weighted by molar-refractivity contribution is 0.0356. The lowest BCUT2D eigenvalue weighted by Gasteiger charge is -2.14. The van der Waals surface area contributed by atoms with Gasteiger partial charge in [0, 0.05) is 6.61 Å². The smallest absolute Gasteiger partial charge is 0.278 e. The first-order valence-corrected chi connectivity index (χ1v) is 6.57. The molecule has 104 valence electrons. The Morgan fingerprint density at radius 2 is 2.32 bits per heavy atom. The largest absolute Gasteiger partial charge is 0.490 e. The number of carbonyl (C=O) groups excluding carboxylic acids is 1. The third-order valence-corrected chi connectivity index (χ3v) is 2.89. The van der Waals surface area contributed by atoms with Gasteiger partial charge in [-0.2, -0.15) is 0 Å². The molecule has 1 atom stereocenters. The Bertz CT molecular complexity index is 416. The van der Waals surface area contributed by atoms with E-state index in [1.54, 1.807) is 25.1 Å². The van der Waals surface area contributed by atoms with E-state index in [0.717, 1.165) is 19.4 Å². The van der Waals surface area contributed by atoms with Crippen molar-refractivity contribution in [2.75, 3.05) is 19.8 Å². The molecule has 1 heterocycles. The molecule has 5 nitrogen and oxygen atoms in total. The normalized spacial score (nSPS) is 18.3. The molecule has 2 rings (SSSR count). The van der Waals surface area contributed by atoms with Gasteiger partial charge in [0.2, 0.25) is 0 Å². The Kier molecular flexibility index (Phi) is 5.18. The van der Waals surface area contributed by atoms with Crippen LogP contribution in [0.25, 0.3) is 0 Å². The second kappa shape index (κ2) is 7.11. The van der Waals surface area contributed by atoms with Crippen molar-refractivity contribution >= 4 is 5.91 Å². The SMILES string of the molecule is CCONC(=O)c1ccccc1OCC1CCCO1. The predicted octanol–water partition coefficient (Wildman–Crippen LogP) is 1.93. The highest BCUT2D eigenvalue weighted by Crippen LogP contribution is 2.20. The minimum atomic E-state index is -0.301. The first-order valence-electron chi connectivity index (χ1n) is 6.57. The summed E-state index contributed by atoms with van der Waals surface area (Å²) in [5, 5.41) is 0. The number of hydrogen-bond donors (Lipinski definition) is 1. The van der Waals surface area contributed by atoms with E-state index < -0.39 is 0 Å². The maximum absolute atomic E-state index is 11.9. The molecule has 0 radical (unpaired) electrons. The molecule has 1 N–H and O–H groups in total. The van der Waals surface area contributed by atoms with Gasteiger partial charge < -0.3 is 9.47 Å². The quantitative estimate of drug-likeness (QED) is 0.798. The van der Waals surface area contributed by atoms with Crippen molar-refractivity contribution in [3.8, 4) is 5.75 Å². The van der Waals surface area contributed by atoms with Gasteiger partial charge in [-0.25, -0.2) is 5.48 Å². The highest BCUT2D eigenvalue weighted by Gasteiger charge is 2.18. The van der Waals surface area contributed by atoms with Crippen LogP contribution in [0.5, 0.6) is 5.75 Å². The van der Waals surface area contributed by atoms with Gasteiger partial charge in [0.25, 0.3) is 5.91 Å². The molecule has 0 aromatic heterocycles. The summed E-state index contributed by atoms with van der Waals surface area (Å²) in [6.45, 7) is 3.49. The molecular weight excluding hydrogens is 246 g/mol. The molecule has 1 amide bonds. The summed E-state index contributed by atoms with van der Waals surface area (Å²) in [6, 6.07) is 7.11. The summed E-state index contributed by atoms with van der Waals surface area (Å²) < 4.78 is 11.2. The third-order valence-electron chi connectivity index (χ3n) is 2.89. The average molecular weight is 265 g/mol. The van der Waals surface area contributed by atoms with Crippen molar-refractivity contribution in [1.29, 1.82) is 0 Å². The van der Waals surface area contributed by atoms with E-state index in [1.165, 1.54) is 0 Å². The van der Waals surface area contributed by atoms with Gasteiger partial charge in [0.15, 0.2) is 0 Å².